The van der Waals surface area contributed by atoms with Crippen molar-refractivity contribution in [1.29, 1.82) is 0 Å². The third-order valence-electron chi connectivity index (χ3n) is 5.47. The van der Waals surface area contributed by atoms with E-state index in [1.807, 2.05) is 48.9 Å². The molecule has 1 aromatic carbocycles. The molecule has 6 nitrogen and oxygen atoms in total. The maximum Gasteiger partial charge on any atom is 0.251 e. The first-order valence-electron chi connectivity index (χ1n) is 9.92. The summed E-state index contributed by atoms with van der Waals surface area (Å²) in [5, 5.41) is 1.02. The lowest BCUT2D eigenvalue weighted by molar-refractivity contribution is 0.122. The van der Waals surface area contributed by atoms with Crippen LogP contribution in [0.3, 0.4) is 0 Å². The highest BCUT2D eigenvalue weighted by atomic mass is 79.9. The van der Waals surface area contributed by atoms with E-state index in [0.717, 1.165) is 64.2 Å². The third-order valence-corrected chi connectivity index (χ3v) is 5.99. The Morgan fingerprint density at radius 2 is 1.90 bits per heavy atom. The summed E-state index contributed by atoms with van der Waals surface area (Å²) in [6.07, 6.45) is 5.68. The molecule has 7 heteroatoms. The number of H-pyrrole nitrogens is 1. The van der Waals surface area contributed by atoms with Crippen LogP contribution in [0.4, 0.5) is 5.69 Å². The molecule has 1 saturated heterocycles. The highest BCUT2D eigenvalue weighted by Crippen LogP contribution is 2.30. The van der Waals surface area contributed by atoms with Gasteiger partial charge in [0.15, 0.2) is 0 Å². The number of morpholine rings is 1. The molecule has 0 radical (unpaired) electrons. The minimum Gasteiger partial charge on any atom is -0.378 e. The first kappa shape index (κ1) is 19.1. The number of anilines is 1. The van der Waals surface area contributed by atoms with Crippen LogP contribution in [0.1, 0.15) is 5.56 Å². The molecule has 3 aromatic heterocycles. The van der Waals surface area contributed by atoms with Gasteiger partial charge in [-0.1, -0.05) is 28.1 Å². The number of hydrogen-bond acceptors (Lipinski definition) is 4. The Labute approximate surface area is 182 Å². The molecule has 0 unspecified atom stereocenters. The van der Waals surface area contributed by atoms with E-state index < -0.39 is 0 Å². The Bertz CT molecular complexity index is 1240. The van der Waals surface area contributed by atoms with Gasteiger partial charge < -0.3 is 19.2 Å². The second-order valence-electron chi connectivity index (χ2n) is 7.40. The summed E-state index contributed by atoms with van der Waals surface area (Å²) < 4.78 is 8.20. The average molecular weight is 465 g/mol. The molecule has 1 aliphatic heterocycles. The SMILES string of the molecule is O=c1cc(-c2c[nH]c3ncc(N4CCOCC4)cc23)ccn1Cc1ccc(Br)cc1. The fraction of sp³-hybridized carbons (Fsp3) is 0.217. The van der Waals surface area contributed by atoms with Crippen molar-refractivity contribution in [3.8, 4) is 11.1 Å². The van der Waals surface area contributed by atoms with E-state index in [1.165, 1.54) is 0 Å². The number of nitrogens with zero attached hydrogens (tertiary/aromatic N) is 3. The van der Waals surface area contributed by atoms with Crippen molar-refractivity contribution in [3.63, 3.8) is 0 Å². The Kier molecular flexibility index (Phi) is 5.14. The molecule has 0 saturated carbocycles. The summed E-state index contributed by atoms with van der Waals surface area (Å²) in [4.78, 5) is 22.9. The monoisotopic (exact) mass is 464 g/mol. The van der Waals surface area contributed by atoms with Crippen molar-refractivity contribution in [2.45, 2.75) is 6.54 Å². The number of hydrogen-bond donors (Lipinski definition) is 1. The van der Waals surface area contributed by atoms with Crippen LogP contribution in [-0.2, 0) is 11.3 Å². The average Bonchev–Trinajstić information content (AvgIpc) is 3.20. The summed E-state index contributed by atoms with van der Waals surface area (Å²) in [5.74, 6) is 0. The summed E-state index contributed by atoms with van der Waals surface area (Å²) in [7, 11) is 0. The smallest absolute Gasteiger partial charge is 0.251 e. The van der Waals surface area contributed by atoms with Crippen molar-refractivity contribution >= 4 is 32.7 Å². The molecular formula is C23H21BrN4O2. The zero-order chi connectivity index (χ0) is 20.5. The van der Waals surface area contributed by atoms with Crippen LogP contribution in [0.15, 0.2) is 70.3 Å². The number of aromatic nitrogens is 3. The minimum atomic E-state index is -0.0259. The predicted octanol–water partition coefficient (Wildman–Crippen LogP) is 4.04. The van der Waals surface area contributed by atoms with Crippen LogP contribution in [0.5, 0.6) is 0 Å². The van der Waals surface area contributed by atoms with E-state index in [0.29, 0.717) is 6.54 Å². The topological polar surface area (TPSA) is 63.1 Å². The van der Waals surface area contributed by atoms with Crippen molar-refractivity contribution < 1.29 is 4.74 Å². The first-order chi connectivity index (χ1) is 14.7. The molecule has 0 bridgehead atoms. The third kappa shape index (κ3) is 3.78. The van der Waals surface area contributed by atoms with Gasteiger partial charge in [-0.25, -0.2) is 4.98 Å². The lowest BCUT2D eigenvalue weighted by atomic mass is 10.1. The molecule has 152 valence electrons. The molecular weight excluding hydrogens is 444 g/mol. The second-order valence-corrected chi connectivity index (χ2v) is 8.32. The maximum atomic E-state index is 12.8. The number of benzene rings is 1. The number of fused-ring (bicyclic) bond motifs is 1. The Morgan fingerprint density at radius 1 is 1.10 bits per heavy atom. The van der Waals surface area contributed by atoms with Crippen LogP contribution >= 0.6 is 15.9 Å². The zero-order valence-corrected chi connectivity index (χ0v) is 17.9. The molecule has 1 fully saturated rings. The standard InChI is InChI=1S/C23H21BrN4O2/c24-18-3-1-16(2-4-18)15-28-6-5-17(11-22(28)29)21-14-26-23-20(21)12-19(13-25-23)27-7-9-30-10-8-27/h1-6,11-14H,7-10,15H2,(H,25,26). The van der Waals surface area contributed by atoms with Gasteiger partial charge in [0.25, 0.3) is 5.56 Å². The molecule has 4 heterocycles. The number of rotatable bonds is 4. The molecule has 1 N–H and O–H groups in total. The Balaban J connectivity index is 1.46. The van der Waals surface area contributed by atoms with E-state index in [-0.39, 0.29) is 5.56 Å². The molecule has 5 rings (SSSR count). The fourth-order valence-electron chi connectivity index (χ4n) is 3.82. The van der Waals surface area contributed by atoms with E-state index in [1.54, 1.807) is 10.6 Å². The number of pyridine rings is 2. The van der Waals surface area contributed by atoms with Gasteiger partial charge in [-0.15, -0.1) is 0 Å². The lowest BCUT2D eigenvalue weighted by Gasteiger charge is -2.28. The lowest BCUT2D eigenvalue weighted by Crippen LogP contribution is -2.36. The fourth-order valence-corrected chi connectivity index (χ4v) is 4.08. The Hall–Kier alpha value is -2.90. The number of nitrogens with one attached hydrogen (secondary N) is 1. The van der Waals surface area contributed by atoms with Gasteiger partial charge in [0.1, 0.15) is 5.65 Å². The van der Waals surface area contributed by atoms with E-state index in [2.05, 4.69) is 36.9 Å². The van der Waals surface area contributed by atoms with Crippen molar-refractivity contribution in [3.05, 3.63) is 81.4 Å². The van der Waals surface area contributed by atoms with Crippen LogP contribution in [-0.4, -0.2) is 40.8 Å². The molecule has 4 aromatic rings. The van der Waals surface area contributed by atoms with Gasteiger partial charge in [0.2, 0.25) is 0 Å². The molecule has 0 amide bonds. The van der Waals surface area contributed by atoms with Crippen LogP contribution in [0.25, 0.3) is 22.2 Å². The second kappa shape index (κ2) is 8.08. The predicted molar refractivity (Wildman–Crippen MR) is 122 cm³/mol. The number of aromatic amines is 1. The van der Waals surface area contributed by atoms with Crippen LogP contribution in [0.2, 0.25) is 0 Å². The van der Waals surface area contributed by atoms with Gasteiger partial charge in [-0.05, 0) is 35.4 Å². The normalized spacial score (nSPS) is 14.4. The minimum absolute atomic E-state index is 0.0259. The van der Waals surface area contributed by atoms with Crippen molar-refractivity contribution in [1.82, 2.24) is 14.5 Å². The van der Waals surface area contributed by atoms with Gasteiger partial charge in [-0.2, -0.15) is 0 Å². The van der Waals surface area contributed by atoms with E-state index >= 15 is 0 Å². The first-order valence-corrected chi connectivity index (χ1v) is 10.7. The number of ether oxygens (including phenoxy) is 1. The van der Waals surface area contributed by atoms with Crippen molar-refractivity contribution in [2.75, 3.05) is 31.2 Å². The summed E-state index contributed by atoms with van der Waals surface area (Å²) in [6, 6.07) is 13.8. The maximum absolute atomic E-state index is 12.8. The zero-order valence-electron chi connectivity index (χ0n) is 16.3. The molecule has 0 atom stereocenters. The molecule has 1 aliphatic rings. The number of halogens is 1. The van der Waals surface area contributed by atoms with Crippen LogP contribution < -0.4 is 10.5 Å². The van der Waals surface area contributed by atoms with Crippen molar-refractivity contribution in [2.24, 2.45) is 0 Å². The summed E-state index contributed by atoms with van der Waals surface area (Å²) >= 11 is 3.44. The van der Waals surface area contributed by atoms with Gasteiger partial charge in [0.05, 0.1) is 31.6 Å². The quantitative estimate of drug-likeness (QED) is 0.494. The summed E-state index contributed by atoms with van der Waals surface area (Å²) in [5.41, 5.74) is 4.83. The Morgan fingerprint density at radius 3 is 2.67 bits per heavy atom. The molecule has 30 heavy (non-hydrogen) atoms. The highest BCUT2D eigenvalue weighted by molar-refractivity contribution is 9.10. The molecule has 0 spiro atoms. The van der Waals surface area contributed by atoms with E-state index in [4.69, 9.17) is 4.74 Å². The van der Waals surface area contributed by atoms with Crippen LogP contribution in [0, 0.1) is 0 Å². The summed E-state index contributed by atoms with van der Waals surface area (Å²) in [6.45, 7) is 3.73. The largest absolute Gasteiger partial charge is 0.378 e. The van der Waals surface area contributed by atoms with E-state index in [9.17, 15) is 4.79 Å². The highest BCUT2D eigenvalue weighted by Gasteiger charge is 2.15. The van der Waals surface area contributed by atoms with Gasteiger partial charge >= 0.3 is 0 Å². The van der Waals surface area contributed by atoms with Gasteiger partial charge in [0, 0.05) is 47.0 Å². The molecule has 0 aliphatic carbocycles. The van der Waals surface area contributed by atoms with Gasteiger partial charge in [-0.3, -0.25) is 4.79 Å².